The van der Waals surface area contributed by atoms with Gasteiger partial charge in [-0.05, 0) is 58.7 Å². The minimum Gasteiger partial charge on any atom is -0.495 e. The van der Waals surface area contributed by atoms with Crippen LogP contribution in [0.1, 0.15) is 72.8 Å². The van der Waals surface area contributed by atoms with Gasteiger partial charge in [0.2, 0.25) is 11.8 Å². The van der Waals surface area contributed by atoms with E-state index >= 15 is 0 Å². The van der Waals surface area contributed by atoms with Crippen molar-refractivity contribution in [3.63, 3.8) is 0 Å². The molecule has 58 heavy (non-hydrogen) atoms. The van der Waals surface area contributed by atoms with Crippen LogP contribution < -0.4 is 15.0 Å². The Morgan fingerprint density at radius 3 is 2.55 bits per heavy atom. The molecule has 18 heteroatoms. The Hall–Kier alpha value is -3.48. The summed E-state index contributed by atoms with van der Waals surface area (Å²) in [5.74, 6) is -2.30. The molecule has 1 aromatic rings. The fourth-order valence-corrected chi connectivity index (χ4v) is 9.91. The predicted octanol–water partition coefficient (Wildman–Crippen LogP) is 5.54. The number of anilines is 1. The molecule has 4 bridgehead atoms. The van der Waals surface area contributed by atoms with E-state index in [1.54, 1.807) is 45.2 Å². The minimum absolute atomic E-state index is 0.0366. The average Bonchev–Trinajstić information content (AvgIpc) is 3.84. The van der Waals surface area contributed by atoms with Crippen LogP contribution in [0.15, 0.2) is 35.9 Å². The molecule has 15 nitrogen and oxygen atoms in total. The number of carbonyl (C=O) groups excluding carboxylic acids is 4. The highest BCUT2D eigenvalue weighted by molar-refractivity contribution is 8.77. The molecule has 3 aliphatic heterocycles. The van der Waals surface area contributed by atoms with E-state index in [2.05, 4.69) is 5.32 Å². The Morgan fingerprint density at radius 2 is 1.91 bits per heavy atom. The predicted molar refractivity (Wildman–Crippen MR) is 222 cm³/mol. The molecule has 322 valence electrons. The smallest absolute Gasteiger partial charge is 0.409 e. The summed E-state index contributed by atoms with van der Waals surface area (Å²) in [5, 5.41) is 23.6. The highest BCUT2D eigenvalue weighted by Gasteiger charge is 2.64. The van der Waals surface area contributed by atoms with Crippen LogP contribution in [0.2, 0.25) is 5.02 Å². The van der Waals surface area contributed by atoms with Crippen molar-refractivity contribution in [2.24, 2.45) is 5.92 Å². The largest absolute Gasteiger partial charge is 0.495 e. The number of rotatable bonds is 12. The molecule has 4 rings (SSSR count). The number of esters is 1. The Morgan fingerprint density at radius 1 is 1.22 bits per heavy atom. The molecule has 8 atom stereocenters. The van der Waals surface area contributed by atoms with Crippen molar-refractivity contribution in [2.75, 3.05) is 39.0 Å². The quantitative estimate of drug-likeness (QED) is 0.103. The Labute approximate surface area is 352 Å². The first kappa shape index (κ1) is 47.2. The lowest BCUT2D eigenvalue weighted by atomic mass is 9.83. The number of hydrogen-bond acceptors (Lipinski definition) is 13. The lowest BCUT2D eigenvalue weighted by molar-refractivity contribution is -0.162. The molecular formula is C40H56ClN3O12S2. The summed E-state index contributed by atoms with van der Waals surface area (Å²) in [6.07, 6.45) is 0.723. The number of nitrogens with one attached hydrogen (secondary N) is 1. The summed E-state index contributed by atoms with van der Waals surface area (Å²) in [7, 11) is 8.70. The average molecular weight is 870 g/mol. The van der Waals surface area contributed by atoms with Crippen LogP contribution >= 0.6 is 33.2 Å². The van der Waals surface area contributed by atoms with Crippen molar-refractivity contribution in [1.82, 2.24) is 10.2 Å². The number of aliphatic hydroxyl groups is 1. The number of epoxide rings is 1. The Bertz CT molecular complexity index is 1790. The van der Waals surface area contributed by atoms with E-state index in [4.69, 9.17) is 40.4 Å². The number of alkyl carbamates (subject to hydrolysis) is 1. The number of carbonyl (C=O) groups is 5. The molecular weight excluding hydrogens is 814 g/mol. The number of halogens is 1. The van der Waals surface area contributed by atoms with Gasteiger partial charge in [-0.1, -0.05) is 63.9 Å². The molecule has 0 spiro atoms. The van der Waals surface area contributed by atoms with Gasteiger partial charge < -0.3 is 43.7 Å². The van der Waals surface area contributed by atoms with Crippen LogP contribution in [0.4, 0.5) is 10.5 Å². The number of carboxylic acids is 1. The number of amides is 3. The van der Waals surface area contributed by atoms with Gasteiger partial charge in [-0.15, -0.1) is 0 Å². The number of methoxy groups -OCH3 is 2. The highest BCUT2D eigenvalue weighted by Crippen LogP contribution is 2.49. The molecule has 1 unspecified atom stereocenters. The van der Waals surface area contributed by atoms with Gasteiger partial charge in [0.05, 0.1) is 31.7 Å². The van der Waals surface area contributed by atoms with Crippen molar-refractivity contribution >= 4 is 68.7 Å². The van der Waals surface area contributed by atoms with Gasteiger partial charge in [0.25, 0.3) is 0 Å². The molecule has 1 aromatic carbocycles. The monoisotopic (exact) mass is 869 g/mol. The summed E-state index contributed by atoms with van der Waals surface area (Å²) in [6.45, 7) is 10.5. The van der Waals surface area contributed by atoms with Gasteiger partial charge >= 0.3 is 18.0 Å². The summed E-state index contributed by atoms with van der Waals surface area (Å²) in [6, 6.07) is 2.50. The maximum Gasteiger partial charge on any atom is 0.409 e. The Kier molecular flexibility index (Phi) is 15.7. The third-order valence-electron chi connectivity index (χ3n) is 10.8. The van der Waals surface area contributed by atoms with E-state index in [9.17, 15) is 29.1 Å². The van der Waals surface area contributed by atoms with Crippen molar-refractivity contribution in [2.45, 2.75) is 120 Å². The molecule has 0 saturated carbocycles. The third-order valence-corrected chi connectivity index (χ3v) is 14.5. The third kappa shape index (κ3) is 11.4. The van der Waals surface area contributed by atoms with Gasteiger partial charge in [-0.3, -0.25) is 19.7 Å². The van der Waals surface area contributed by atoms with E-state index in [1.165, 1.54) is 59.6 Å². The van der Waals surface area contributed by atoms with Gasteiger partial charge in [0, 0.05) is 50.5 Å². The number of fused-ring (bicyclic) bond motifs is 5. The zero-order valence-electron chi connectivity index (χ0n) is 34.7. The van der Waals surface area contributed by atoms with Gasteiger partial charge in [-0.2, -0.15) is 0 Å². The first-order valence-corrected chi connectivity index (χ1v) is 21.6. The number of likely N-dealkylation sites (N-methyl/N-ethyl adjacent to an activating group) is 1. The number of aliphatic carboxylic acids is 1. The van der Waals surface area contributed by atoms with Crippen LogP contribution in [-0.4, -0.2) is 126 Å². The summed E-state index contributed by atoms with van der Waals surface area (Å²) in [5.41, 5.74) is -1.04. The molecule has 3 amide bonds. The maximum atomic E-state index is 14.2. The second-order valence-corrected chi connectivity index (χ2v) is 19.4. The zero-order valence-corrected chi connectivity index (χ0v) is 37.0. The molecule has 3 aliphatic rings. The number of ether oxygens (including phenoxy) is 5. The molecule has 2 fully saturated rings. The fraction of sp³-hybridized carbons (Fsp3) is 0.625. The van der Waals surface area contributed by atoms with Crippen LogP contribution in [0.5, 0.6) is 5.75 Å². The van der Waals surface area contributed by atoms with E-state index in [-0.39, 0.29) is 36.6 Å². The van der Waals surface area contributed by atoms with Crippen LogP contribution in [0.3, 0.4) is 0 Å². The van der Waals surface area contributed by atoms with Crippen LogP contribution in [0, 0.1) is 5.92 Å². The second kappa shape index (κ2) is 19.3. The molecule has 3 N–H and O–H groups in total. The van der Waals surface area contributed by atoms with E-state index in [1.807, 2.05) is 26.8 Å². The lowest BCUT2D eigenvalue weighted by Gasteiger charge is -2.42. The van der Waals surface area contributed by atoms with Crippen molar-refractivity contribution < 1.29 is 57.9 Å². The number of benzene rings is 1. The molecule has 0 aliphatic carbocycles. The van der Waals surface area contributed by atoms with E-state index in [0.717, 1.165) is 11.1 Å². The SMILES string of the molecule is COc1cc2cc(c1Cl)N(C)C(=O)C[C@H](OC(=O)[C@H](C)N(C)C(=O)CCSSC(C)(C)CC(=O)O)C1(C)O[C@H]1[C@H](C)[C@@H]1C[C@@](O)(NC(=O)O1)[C@H](OC)/C=C/C=C(\C)C2. The topological polar surface area (TPSA) is 194 Å². The standard InChI is InChI=1S/C40H56ClN3O12S2/c1-22-12-11-13-29(53-10)40(51)20-28(54-37(50)42-40)23(2)35-39(6,56-35)30(19-32(46)44(8)26-17-25(16-22)18-27(52-9)34(26)41)55-36(49)24(3)43(7)31(45)14-15-57-58-38(4,5)21-33(47)48/h11-13,17-18,23-24,28-30,35,51H,14-16,19-21H2,1-10H3,(H,42,50)(H,47,48)/b13-11+,22-12+/t23-,24+,28+,29-,30+,35+,39?,40+/m1/s1. The number of carboxylic acid groups (broad SMARTS) is 1. The molecule has 2 saturated heterocycles. The van der Waals surface area contributed by atoms with Gasteiger partial charge in [0.15, 0.2) is 5.72 Å². The van der Waals surface area contributed by atoms with Crippen molar-refractivity contribution in [1.29, 1.82) is 0 Å². The summed E-state index contributed by atoms with van der Waals surface area (Å²) < 4.78 is 28.7. The number of allylic oxidation sites excluding steroid dienone is 3. The zero-order chi connectivity index (χ0) is 43.3. The van der Waals surface area contributed by atoms with Gasteiger partial charge in [0.1, 0.15) is 40.7 Å². The van der Waals surface area contributed by atoms with E-state index in [0.29, 0.717) is 23.6 Å². The molecule has 0 aromatic heterocycles. The number of hydrogen-bond donors (Lipinski definition) is 3. The fourth-order valence-electron chi connectivity index (χ4n) is 7.12. The first-order chi connectivity index (χ1) is 27.0. The van der Waals surface area contributed by atoms with Crippen LogP contribution in [0.25, 0.3) is 0 Å². The van der Waals surface area contributed by atoms with Gasteiger partial charge in [-0.25, -0.2) is 9.59 Å². The lowest BCUT2D eigenvalue weighted by Crippen LogP contribution is -2.63. The minimum atomic E-state index is -1.85. The normalized spacial score (nSPS) is 29.8. The van der Waals surface area contributed by atoms with Crippen molar-refractivity contribution in [3.05, 3.63) is 46.5 Å². The first-order valence-electron chi connectivity index (χ1n) is 18.9. The highest BCUT2D eigenvalue weighted by atomic mass is 35.5. The van der Waals surface area contributed by atoms with Crippen LogP contribution in [-0.2, 0) is 44.5 Å². The number of nitrogens with zero attached hydrogens (tertiary/aromatic N) is 2. The van der Waals surface area contributed by atoms with E-state index < -0.39 is 76.4 Å². The van der Waals surface area contributed by atoms with Crippen molar-refractivity contribution in [3.8, 4) is 5.75 Å². The second-order valence-electron chi connectivity index (χ2n) is 15.9. The maximum absolute atomic E-state index is 14.2. The molecule has 3 heterocycles. The Balaban J connectivity index is 1.64. The molecule has 0 radical (unpaired) electrons. The summed E-state index contributed by atoms with van der Waals surface area (Å²) in [4.78, 5) is 68.0. The summed E-state index contributed by atoms with van der Waals surface area (Å²) >= 11 is 6.77.